The summed E-state index contributed by atoms with van der Waals surface area (Å²) < 4.78 is 0. The first-order valence-corrected chi connectivity index (χ1v) is 9.83. The van der Waals surface area contributed by atoms with Gasteiger partial charge in [0.25, 0.3) is 0 Å². The molecule has 2 unspecified atom stereocenters. The van der Waals surface area contributed by atoms with Crippen molar-refractivity contribution in [1.29, 1.82) is 0 Å². The molecule has 2 saturated heterocycles. The van der Waals surface area contributed by atoms with Gasteiger partial charge in [-0.2, -0.15) is 0 Å². The van der Waals surface area contributed by atoms with Crippen molar-refractivity contribution in [3.63, 3.8) is 0 Å². The first-order chi connectivity index (χ1) is 12.1. The molecule has 0 aromatic heterocycles. The first-order valence-electron chi connectivity index (χ1n) is 9.83. The van der Waals surface area contributed by atoms with Crippen LogP contribution in [0.25, 0.3) is 0 Å². The number of piperidine rings is 1. The number of halogens is 2. The van der Waals surface area contributed by atoms with Crippen LogP contribution in [0.1, 0.15) is 50.6 Å². The number of nitrogens with zero attached hydrogens (tertiary/aromatic N) is 2. The zero-order valence-corrected chi connectivity index (χ0v) is 18.5. The minimum atomic E-state index is 0. The third-order valence-corrected chi connectivity index (χ3v) is 6.03. The molecule has 2 aliphatic heterocycles. The van der Waals surface area contributed by atoms with Gasteiger partial charge in [-0.25, -0.2) is 0 Å². The molecule has 2 aliphatic rings. The minimum absolute atomic E-state index is 0. The summed E-state index contributed by atoms with van der Waals surface area (Å²) in [5, 5.41) is 3.42. The van der Waals surface area contributed by atoms with E-state index in [-0.39, 0.29) is 30.9 Å². The summed E-state index contributed by atoms with van der Waals surface area (Å²) in [7, 11) is 4.13. The van der Waals surface area contributed by atoms with Crippen LogP contribution in [0.15, 0.2) is 24.3 Å². The van der Waals surface area contributed by atoms with Crippen molar-refractivity contribution in [1.82, 2.24) is 10.2 Å². The Kier molecular flexibility index (Phi) is 9.92. The number of carbonyl (C=O) groups is 1. The van der Waals surface area contributed by atoms with Crippen LogP contribution >= 0.6 is 24.8 Å². The van der Waals surface area contributed by atoms with E-state index in [9.17, 15) is 4.79 Å². The van der Waals surface area contributed by atoms with E-state index < -0.39 is 0 Å². The number of nitrogens with one attached hydrogen (secondary N) is 1. The number of amides is 1. The second kappa shape index (κ2) is 11.1. The highest BCUT2D eigenvalue weighted by Gasteiger charge is 2.32. The molecule has 0 spiro atoms. The monoisotopic (exact) mass is 415 g/mol. The molecule has 0 saturated carbocycles. The molecular weight excluding hydrogens is 381 g/mol. The lowest BCUT2D eigenvalue weighted by Crippen LogP contribution is -2.35. The fourth-order valence-corrected chi connectivity index (χ4v) is 4.39. The number of carbonyl (C=O) groups excluding carboxylic acids is 1. The molecular formula is C21H35Cl2N3O. The van der Waals surface area contributed by atoms with E-state index in [1.54, 1.807) is 0 Å². The maximum atomic E-state index is 13.0. The van der Waals surface area contributed by atoms with Crippen molar-refractivity contribution in [3.05, 3.63) is 29.8 Å². The second-order valence-corrected chi connectivity index (χ2v) is 8.00. The first kappa shape index (κ1) is 24.1. The Morgan fingerprint density at radius 1 is 1.22 bits per heavy atom. The van der Waals surface area contributed by atoms with E-state index in [1.807, 2.05) is 0 Å². The third-order valence-electron chi connectivity index (χ3n) is 6.03. The lowest BCUT2D eigenvalue weighted by Gasteiger charge is -2.31. The van der Waals surface area contributed by atoms with Gasteiger partial charge in [0.15, 0.2) is 0 Å². The van der Waals surface area contributed by atoms with Crippen LogP contribution in [0.5, 0.6) is 0 Å². The van der Waals surface area contributed by atoms with Crippen LogP contribution in [0.3, 0.4) is 0 Å². The van der Waals surface area contributed by atoms with E-state index in [0.29, 0.717) is 24.2 Å². The highest BCUT2D eigenvalue weighted by atomic mass is 35.5. The normalized spacial score (nSPS) is 21.1. The number of hydrogen-bond donors (Lipinski definition) is 1. The van der Waals surface area contributed by atoms with Gasteiger partial charge in [-0.05, 0) is 68.3 Å². The highest BCUT2D eigenvalue weighted by Crippen LogP contribution is 2.35. The van der Waals surface area contributed by atoms with Gasteiger partial charge in [-0.3, -0.25) is 4.79 Å². The van der Waals surface area contributed by atoms with E-state index in [1.165, 1.54) is 24.1 Å². The van der Waals surface area contributed by atoms with Crippen molar-refractivity contribution >= 4 is 36.4 Å². The number of likely N-dealkylation sites (tertiary alicyclic amines) is 1. The Morgan fingerprint density at radius 3 is 2.59 bits per heavy atom. The maximum absolute atomic E-state index is 13.0. The molecule has 27 heavy (non-hydrogen) atoms. The average Bonchev–Trinajstić information content (AvgIpc) is 3.12. The molecule has 4 nitrogen and oxygen atoms in total. The Bertz CT molecular complexity index is 591. The van der Waals surface area contributed by atoms with Crippen molar-refractivity contribution < 1.29 is 4.79 Å². The fourth-order valence-electron chi connectivity index (χ4n) is 4.39. The Hall–Kier alpha value is -0.970. The van der Waals surface area contributed by atoms with Crippen molar-refractivity contribution in [2.45, 2.75) is 45.1 Å². The van der Waals surface area contributed by atoms with E-state index >= 15 is 0 Å². The van der Waals surface area contributed by atoms with Crippen molar-refractivity contribution in [2.24, 2.45) is 11.8 Å². The van der Waals surface area contributed by atoms with Crippen LogP contribution in [-0.2, 0) is 4.79 Å². The average molecular weight is 416 g/mol. The zero-order chi connectivity index (χ0) is 17.8. The summed E-state index contributed by atoms with van der Waals surface area (Å²) in [6.07, 6.45) is 5.33. The minimum Gasteiger partial charge on any atom is -0.378 e. The van der Waals surface area contributed by atoms with E-state index in [2.05, 4.69) is 60.4 Å². The summed E-state index contributed by atoms with van der Waals surface area (Å²) in [6, 6.07) is 8.92. The molecule has 1 aromatic carbocycles. The molecule has 2 fully saturated rings. The summed E-state index contributed by atoms with van der Waals surface area (Å²) in [4.78, 5) is 17.3. The molecule has 0 bridgehead atoms. The number of hydrogen-bond acceptors (Lipinski definition) is 3. The molecule has 1 amide bonds. The molecule has 2 atom stereocenters. The van der Waals surface area contributed by atoms with Crippen molar-refractivity contribution in [2.75, 3.05) is 38.6 Å². The van der Waals surface area contributed by atoms with E-state index in [4.69, 9.17) is 0 Å². The fraction of sp³-hybridized carbons (Fsp3) is 0.667. The van der Waals surface area contributed by atoms with Crippen LogP contribution in [0.4, 0.5) is 5.69 Å². The Morgan fingerprint density at radius 2 is 1.93 bits per heavy atom. The summed E-state index contributed by atoms with van der Waals surface area (Å²) in [5.74, 6) is 1.54. The van der Waals surface area contributed by atoms with E-state index in [0.717, 1.165) is 32.5 Å². The van der Waals surface area contributed by atoms with Crippen LogP contribution in [0, 0.1) is 11.8 Å². The maximum Gasteiger partial charge on any atom is 0.223 e. The molecule has 154 valence electrons. The SMILES string of the molecule is CC(CC(=O)N1CCCC1c1cccc(N(C)C)c1)C1CCNCC1.Cl.Cl. The molecule has 0 radical (unpaired) electrons. The summed E-state index contributed by atoms with van der Waals surface area (Å²) in [6.45, 7) is 5.39. The summed E-state index contributed by atoms with van der Waals surface area (Å²) >= 11 is 0. The molecule has 3 rings (SSSR count). The smallest absolute Gasteiger partial charge is 0.223 e. The van der Waals surface area contributed by atoms with Crippen LogP contribution in [0.2, 0.25) is 0 Å². The largest absolute Gasteiger partial charge is 0.378 e. The van der Waals surface area contributed by atoms with Gasteiger partial charge in [0, 0.05) is 32.7 Å². The van der Waals surface area contributed by atoms with Crippen LogP contribution < -0.4 is 10.2 Å². The van der Waals surface area contributed by atoms with Gasteiger partial charge in [-0.15, -0.1) is 24.8 Å². The quantitative estimate of drug-likeness (QED) is 0.778. The number of anilines is 1. The van der Waals surface area contributed by atoms with Gasteiger partial charge in [0.05, 0.1) is 6.04 Å². The molecule has 1 aromatic rings. The highest BCUT2D eigenvalue weighted by molar-refractivity contribution is 5.85. The predicted molar refractivity (Wildman–Crippen MR) is 118 cm³/mol. The Labute approximate surface area is 176 Å². The van der Waals surface area contributed by atoms with Gasteiger partial charge in [0.1, 0.15) is 0 Å². The lowest BCUT2D eigenvalue weighted by molar-refractivity contribution is -0.133. The van der Waals surface area contributed by atoms with Crippen LogP contribution in [-0.4, -0.2) is 44.5 Å². The zero-order valence-electron chi connectivity index (χ0n) is 16.8. The standard InChI is InChI=1S/C21H33N3O.2ClH/c1-16(17-9-11-22-12-10-17)14-21(25)24-13-5-8-20(24)18-6-4-7-19(15-18)23(2)3;;/h4,6-7,15-17,20,22H,5,8-14H2,1-3H3;2*1H. The molecule has 1 N–H and O–H groups in total. The van der Waals surface area contributed by atoms with Gasteiger partial charge < -0.3 is 15.1 Å². The summed E-state index contributed by atoms with van der Waals surface area (Å²) in [5.41, 5.74) is 2.49. The second-order valence-electron chi connectivity index (χ2n) is 8.00. The molecule has 6 heteroatoms. The lowest BCUT2D eigenvalue weighted by atomic mass is 9.84. The topological polar surface area (TPSA) is 35.6 Å². The van der Waals surface area contributed by atoms with Gasteiger partial charge in [-0.1, -0.05) is 19.1 Å². The predicted octanol–water partition coefficient (Wildman–Crippen LogP) is 4.29. The van der Waals surface area contributed by atoms with Gasteiger partial charge >= 0.3 is 0 Å². The number of benzene rings is 1. The Balaban J connectivity index is 0.00000182. The number of rotatable bonds is 5. The van der Waals surface area contributed by atoms with Crippen molar-refractivity contribution in [3.8, 4) is 0 Å². The molecule has 0 aliphatic carbocycles. The molecule has 2 heterocycles. The third kappa shape index (κ3) is 6.00. The van der Waals surface area contributed by atoms with Gasteiger partial charge in [0.2, 0.25) is 5.91 Å².